The molecule has 0 heterocycles. The molecule has 0 fully saturated rings. The van der Waals surface area contributed by atoms with Crippen LogP contribution in [-0.4, -0.2) is 30.3 Å². The van der Waals surface area contributed by atoms with Gasteiger partial charge in [-0.15, -0.1) is 0 Å². The molecule has 0 amide bonds. The fraction of sp³-hybridized carbons (Fsp3) is 0.923. The normalized spacial score (nSPS) is 15.3. The Balaban J connectivity index is 3.89. The van der Waals surface area contributed by atoms with Crippen molar-refractivity contribution in [3.05, 3.63) is 0 Å². The van der Waals surface area contributed by atoms with E-state index in [1.54, 1.807) is 0 Å². The molecule has 2 heteroatoms. The lowest BCUT2D eigenvalue weighted by atomic mass is 9.96. The molecule has 0 spiro atoms. The molecular weight excluding hydrogens is 186 g/mol. The molecule has 0 saturated carbocycles. The fourth-order valence-electron chi connectivity index (χ4n) is 1.80. The molecule has 0 bridgehead atoms. The highest BCUT2D eigenvalue weighted by Crippen LogP contribution is 2.13. The Bertz CT molecular complexity index is 179. The maximum Gasteiger partial charge on any atom is 0.135 e. The van der Waals surface area contributed by atoms with Gasteiger partial charge >= 0.3 is 0 Å². The van der Waals surface area contributed by atoms with Gasteiger partial charge in [0.25, 0.3) is 0 Å². The Morgan fingerprint density at radius 3 is 2.33 bits per heavy atom. The van der Waals surface area contributed by atoms with Crippen molar-refractivity contribution in [2.24, 2.45) is 5.92 Å². The zero-order valence-electron chi connectivity index (χ0n) is 11.0. The van der Waals surface area contributed by atoms with Gasteiger partial charge in [-0.1, -0.05) is 27.2 Å². The molecule has 0 N–H and O–H groups in total. The van der Waals surface area contributed by atoms with Crippen molar-refractivity contribution in [3.63, 3.8) is 0 Å². The molecule has 15 heavy (non-hydrogen) atoms. The first-order valence-corrected chi connectivity index (χ1v) is 6.25. The molecular formula is C13H27NO. The summed E-state index contributed by atoms with van der Waals surface area (Å²) in [5.74, 6) is 0.611. The molecule has 0 rings (SSSR count). The number of rotatable bonds is 8. The molecule has 90 valence electrons. The first-order valence-electron chi connectivity index (χ1n) is 6.25. The maximum atomic E-state index is 11.5. The quantitative estimate of drug-likeness (QED) is 0.617. The summed E-state index contributed by atoms with van der Waals surface area (Å²) >= 11 is 0. The summed E-state index contributed by atoms with van der Waals surface area (Å²) in [7, 11) is 2.16. The van der Waals surface area contributed by atoms with Crippen LogP contribution in [0.1, 0.15) is 53.4 Å². The predicted molar refractivity (Wildman–Crippen MR) is 66.1 cm³/mol. The Kier molecular flexibility index (Phi) is 7.67. The first kappa shape index (κ1) is 14.6. The second-order valence-corrected chi connectivity index (χ2v) is 4.64. The minimum absolute atomic E-state index is 0.217. The van der Waals surface area contributed by atoms with Gasteiger partial charge in [-0.05, 0) is 33.4 Å². The highest BCUT2D eigenvalue weighted by Gasteiger charge is 2.16. The van der Waals surface area contributed by atoms with Crippen LogP contribution in [-0.2, 0) is 4.79 Å². The number of Topliss-reactive ketones (excluding diaryl/α,β-unsaturated/α-hetero) is 1. The molecule has 0 aromatic heterocycles. The zero-order chi connectivity index (χ0) is 11.8. The van der Waals surface area contributed by atoms with Crippen molar-refractivity contribution in [3.8, 4) is 0 Å². The SMILES string of the molecule is CCCCN(C)C(C)CC(C)C(=O)CC. The lowest BCUT2D eigenvalue weighted by molar-refractivity contribution is -0.122. The molecule has 0 aliphatic heterocycles. The average Bonchev–Trinajstić information content (AvgIpc) is 2.24. The van der Waals surface area contributed by atoms with Crippen molar-refractivity contribution < 1.29 is 4.79 Å². The fourth-order valence-corrected chi connectivity index (χ4v) is 1.80. The molecule has 0 aliphatic carbocycles. The van der Waals surface area contributed by atoms with Gasteiger partial charge in [0.2, 0.25) is 0 Å². The van der Waals surface area contributed by atoms with Crippen LogP contribution in [0.5, 0.6) is 0 Å². The number of carbonyl (C=O) groups is 1. The average molecular weight is 213 g/mol. The van der Waals surface area contributed by atoms with Crippen molar-refractivity contribution in [2.75, 3.05) is 13.6 Å². The maximum absolute atomic E-state index is 11.5. The molecule has 0 saturated heterocycles. The summed E-state index contributed by atoms with van der Waals surface area (Å²) in [6.07, 6.45) is 4.15. The van der Waals surface area contributed by atoms with Gasteiger partial charge in [-0.3, -0.25) is 4.79 Å². The van der Waals surface area contributed by atoms with E-state index in [-0.39, 0.29) is 5.92 Å². The third-order valence-corrected chi connectivity index (χ3v) is 3.21. The van der Waals surface area contributed by atoms with Gasteiger partial charge in [0.15, 0.2) is 0 Å². The van der Waals surface area contributed by atoms with Crippen LogP contribution < -0.4 is 0 Å². The van der Waals surface area contributed by atoms with E-state index < -0.39 is 0 Å². The van der Waals surface area contributed by atoms with Gasteiger partial charge in [-0.2, -0.15) is 0 Å². The Labute approximate surface area is 95.0 Å². The largest absolute Gasteiger partial charge is 0.304 e. The van der Waals surface area contributed by atoms with Crippen LogP contribution in [0.15, 0.2) is 0 Å². The summed E-state index contributed by atoms with van der Waals surface area (Å²) in [6, 6.07) is 0.516. The summed E-state index contributed by atoms with van der Waals surface area (Å²) in [6.45, 7) is 9.57. The molecule has 2 unspecified atom stereocenters. The topological polar surface area (TPSA) is 20.3 Å². The number of hydrogen-bond acceptors (Lipinski definition) is 2. The number of unbranched alkanes of at least 4 members (excludes halogenated alkanes) is 1. The molecule has 0 aromatic carbocycles. The van der Waals surface area contributed by atoms with E-state index in [9.17, 15) is 4.79 Å². The molecule has 0 radical (unpaired) electrons. The Hall–Kier alpha value is -0.370. The summed E-state index contributed by atoms with van der Waals surface area (Å²) < 4.78 is 0. The van der Waals surface area contributed by atoms with E-state index >= 15 is 0 Å². The molecule has 2 atom stereocenters. The standard InChI is InChI=1S/C13H27NO/c1-6-8-9-14(5)12(4)10-11(3)13(15)7-2/h11-12H,6-10H2,1-5H3. The minimum Gasteiger partial charge on any atom is -0.304 e. The van der Waals surface area contributed by atoms with E-state index in [2.05, 4.69) is 32.7 Å². The van der Waals surface area contributed by atoms with E-state index in [1.807, 2.05) is 6.92 Å². The summed E-state index contributed by atoms with van der Waals surface area (Å²) in [5.41, 5.74) is 0. The third kappa shape index (κ3) is 5.93. The van der Waals surface area contributed by atoms with Crippen LogP contribution in [0.2, 0.25) is 0 Å². The Morgan fingerprint density at radius 1 is 1.27 bits per heavy atom. The van der Waals surface area contributed by atoms with Crippen molar-refractivity contribution in [2.45, 2.75) is 59.4 Å². The van der Waals surface area contributed by atoms with Crippen molar-refractivity contribution >= 4 is 5.78 Å². The first-order chi connectivity index (χ1) is 7.02. The van der Waals surface area contributed by atoms with Gasteiger partial charge < -0.3 is 4.90 Å². The molecule has 0 aromatic rings. The predicted octanol–water partition coefficient (Wildman–Crippen LogP) is 3.11. The van der Waals surface area contributed by atoms with Crippen molar-refractivity contribution in [1.29, 1.82) is 0 Å². The summed E-state index contributed by atoms with van der Waals surface area (Å²) in [4.78, 5) is 13.8. The van der Waals surface area contributed by atoms with E-state index in [1.165, 1.54) is 12.8 Å². The lowest BCUT2D eigenvalue weighted by Crippen LogP contribution is -2.32. The lowest BCUT2D eigenvalue weighted by Gasteiger charge is -2.26. The summed E-state index contributed by atoms with van der Waals surface area (Å²) in [5, 5.41) is 0. The van der Waals surface area contributed by atoms with E-state index in [0.717, 1.165) is 13.0 Å². The number of hydrogen-bond donors (Lipinski definition) is 0. The smallest absolute Gasteiger partial charge is 0.135 e. The number of nitrogens with zero attached hydrogens (tertiary/aromatic N) is 1. The highest BCUT2D eigenvalue weighted by molar-refractivity contribution is 5.80. The van der Waals surface area contributed by atoms with Crippen LogP contribution in [0.25, 0.3) is 0 Å². The minimum atomic E-state index is 0.217. The third-order valence-electron chi connectivity index (χ3n) is 3.21. The second kappa shape index (κ2) is 7.86. The number of carbonyl (C=O) groups excluding carboxylic acids is 1. The van der Waals surface area contributed by atoms with E-state index in [0.29, 0.717) is 18.2 Å². The van der Waals surface area contributed by atoms with Crippen LogP contribution in [0.4, 0.5) is 0 Å². The molecule has 2 nitrogen and oxygen atoms in total. The van der Waals surface area contributed by atoms with Gasteiger partial charge in [0, 0.05) is 18.4 Å². The van der Waals surface area contributed by atoms with Crippen molar-refractivity contribution in [1.82, 2.24) is 4.90 Å². The van der Waals surface area contributed by atoms with Gasteiger partial charge in [-0.25, -0.2) is 0 Å². The van der Waals surface area contributed by atoms with Crippen LogP contribution in [0.3, 0.4) is 0 Å². The highest BCUT2D eigenvalue weighted by atomic mass is 16.1. The zero-order valence-corrected chi connectivity index (χ0v) is 11.0. The van der Waals surface area contributed by atoms with E-state index in [4.69, 9.17) is 0 Å². The second-order valence-electron chi connectivity index (χ2n) is 4.64. The number of ketones is 1. The van der Waals surface area contributed by atoms with Crippen LogP contribution in [0, 0.1) is 5.92 Å². The molecule has 0 aliphatic rings. The van der Waals surface area contributed by atoms with Crippen LogP contribution >= 0.6 is 0 Å². The van der Waals surface area contributed by atoms with Gasteiger partial charge in [0.05, 0.1) is 0 Å². The Morgan fingerprint density at radius 2 is 1.87 bits per heavy atom. The van der Waals surface area contributed by atoms with Gasteiger partial charge in [0.1, 0.15) is 5.78 Å². The monoisotopic (exact) mass is 213 g/mol.